The van der Waals surface area contributed by atoms with Gasteiger partial charge in [-0.15, -0.1) is 11.3 Å². The molecule has 170 valence electrons. The molecule has 2 aromatic heterocycles. The van der Waals surface area contributed by atoms with Crippen LogP contribution in [-0.2, 0) is 0 Å². The molecular formula is C25H25FN4O2S. The zero-order chi connectivity index (χ0) is 22.9. The summed E-state index contributed by atoms with van der Waals surface area (Å²) in [6, 6.07) is 16.2. The number of carbonyl (C=O) groups excluding carboxylic acids is 1. The summed E-state index contributed by atoms with van der Waals surface area (Å²) in [5.74, 6) is 0.605. The van der Waals surface area contributed by atoms with Crippen LogP contribution in [0.1, 0.15) is 21.8 Å². The molecule has 0 aliphatic carbocycles. The second-order valence-corrected chi connectivity index (χ2v) is 9.16. The number of carbonyl (C=O) groups is 1. The van der Waals surface area contributed by atoms with Crippen molar-refractivity contribution in [3.05, 3.63) is 71.0 Å². The lowest BCUT2D eigenvalue weighted by atomic mass is 10.2. The number of aromatic nitrogens is 2. The minimum absolute atomic E-state index is 0.0536. The quantitative estimate of drug-likeness (QED) is 0.431. The number of ether oxygens (including phenoxy) is 1. The van der Waals surface area contributed by atoms with Gasteiger partial charge in [-0.25, -0.2) is 9.07 Å². The van der Waals surface area contributed by atoms with Crippen LogP contribution in [-0.4, -0.2) is 53.9 Å². The third kappa shape index (κ3) is 4.18. The van der Waals surface area contributed by atoms with Crippen molar-refractivity contribution in [2.24, 2.45) is 0 Å². The van der Waals surface area contributed by atoms with E-state index < -0.39 is 0 Å². The van der Waals surface area contributed by atoms with Gasteiger partial charge in [0, 0.05) is 37.3 Å². The molecule has 1 amide bonds. The summed E-state index contributed by atoms with van der Waals surface area (Å²) in [5, 5.41) is 5.56. The lowest BCUT2D eigenvalue weighted by Gasteiger charge is -2.23. The molecule has 0 bridgehead atoms. The maximum absolute atomic E-state index is 13.4. The largest absolute Gasteiger partial charge is 0.497 e. The number of hydrogen-bond acceptors (Lipinski definition) is 5. The molecule has 0 radical (unpaired) electrons. The van der Waals surface area contributed by atoms with Gasteiger partial charge < -0.3 is 14.5 Å². The van der Waals surface area contributed by atoms with Crippen molar-refractivity contribution < 1.29 is 13.9 Å². The van der Waals surface area contributed by atoms with Gasteiger partial charge in [0.05, 0.1) is 23.4 Å². The second kappa shape index (κ2) is 8.86. The van der Waals surface area contributed by atoms with Crippen LogP contribution in [0, 0.1) is 12.7 Å². The van der Waals surface area contributed by atoms with Gasteiger partial charge in [-0.2, -0.15) is 5.10 Å². The SMILES string of the molecule is COc1ccc(N2CCCN(C(=O)c3cc4c(C)nn(-c5ccc(F)cc5)c4s3)CC2)cc1. The summed E-state index contributed by atoms with van der Waals surface area (Å²) >= 11 is 1.44. The van der Waals surface area contributed by atoms with Crippen molar-refractivity contribution >= 4 is 33.1 Å². The number of benzene rings is 2. The number of halogens is 1. The van der Waals surface area contributed by atoms with Gasteiger partial charge in [0.15, 0.2) is 0 Å². The van der Waals surface area contributed by atoms with Crippen LogP contribution in [0.3, 0.4) is 0 Å². The summed E-state index contributed by atoms with van der Waals surface area (Å²) in [6.07, 6.45) is 0.908. The van der Waals surface area contributed by atoms with E-state index in [0.717, 1.165) is 59.1 Å². The lowest BCUT2D eigenvalue weighted by Crippen LogP contribution is -2.34. The maximum Gasteiger partial charge on any atom is 0.264 e. The Morgan fingerprint density at radius 1 is 1.00 bits per heavy atom. The molecule has 0 N–H and O–H groups in total. The zero-order valence-corrected chi connectivity index (χ0v) is 19.4. The van der Waals surface area contributed by atoms with Crippen LogP contribution in [0.5, 0.6) is 5.75 Å². The number of hydrogen-bond donors (Lipinski definition) is 0. The Labute approximate surface area is 195 Å². The van der Waals surface area contributed by atoms with E-state index in [1.165, 1.54) is 23.5 Å². The average molecular weight is 465 g/mol. The summed E-state index contributed by atoms with van der Waals surface area (Å²) < 4.78 is 20.4. The van der Waals surface area contributed by atoms with E-state index >= 15 is 0 Å². The van der Waals surface area contributed by atoms with E-state index in [4.69, 9.17) is 4.74 Å². The Morgan fingerprint density at radius 3 is 2.45 bits per heavy atom. The minimum Gasteiger partial charge on any atom is -0.497 e. The fourth-order valence-corrected chi connectivity index (χ4v) is 5.39. The van der Waals surface area contributed by atoms with Crippen molar-refractivity contribution in [2.75, 3.05) is 38.2 Å². The van der Waals surface area contributed by atoms with E-state index in [0.29, 0.717) is 11.4 Å². The third-order valence-corrected chi connectivity index (χ3v) is 7.15. The Morgan fingerprint density at radius 2 is 1.73 bits per heavy atom. The molecule has 5 rings (SSSR count). The Hall–Kier alpha value is -3.39. The molecule has 1 aliphatic rings. The highest BCUT2D eigenvalue weighted by atomic mass is 32.1. The molecule has 1 aliphatic heterocycles. The van der Waals surface area contributed by atoms with Crippen molar-refractivity contribution in [3.63, 3.8) is 0 Å². The molecule has 1 saturated heterocycles. The number of anilines is 1. The van der Waals surface area contributed by atoms with Crippen LogP contribution in [0.15, 0.2) is 54.6 Å². The number of rotatable bonds is 4. The number of aryl methyl sites for hydroxylation is 1. The number of amides is 1. The molecule has 2 aromatic carbocycles. The summed E-state index contributed by atoms with van der Waals surface area (Å²) in [6.45, 7) is 5.01. The summed E-state index contributed by atoms with van der Waals surface area (Å²) in [5.41, 5.74) is 2.77. The molecule has 4 aromatic rings. The van der Waals surface area contributed by atoms with Crippen LogP contribution in [0.2, 0.25) is 0 Å². The number of thiophene rings is 1. The molecular weight excluding hydrogens is 439 g/mol. The first-order valence-electron chi connectivity index (χ1n) is 11.0. The van der Waals surface area contributed by atoms with E-state index in [2.05, 4.69) is 22.1 Å². The standard InChI is InChI=1S/C25H25FN4O2S/c1-17-22-16-23(33-25(22)30(27-17)20-6-4-18(26)5-7-20)24(31)29-13-3-12-28(14-15-29)19-8-10-21(32-2)11-9-19/h4-11,16H,3,12-15H2,1-2H3. The summed E-state index contributed by atoms with van der Waals surface area (Å²) in [7, 11) is 1.66. The molecule has 8 heteroatoms. The molecule has 0 unspecified atom stereocenters. The van der Waals surface area contributed by atoms with E-state index in [1.807, 2.05) is 30.0 Å². The molecule has 0 saturated carbocycles. The third-order valence-electron chi connectivity index (χ3n) is 6.05. The fourth-order valence-electron chi connectivity index (χ4n) is 4.24. The Kier molecular flexibility index (Phi) is 5.76. The van der Waals surface area contributed by atoms with Crippen molar-refractivity contribution in [3.8, 4) is 11.4 Å². The van der Waals surface area contributed by atoms with Gasteiger partial charge >= 0.3 is 0 Å². The van der Waals surface area contributed by atoms with Crippen molar-refractivity contribution in [1.29, 1.82) is 0 Å². The predicted octanol–water partition coefficient (Wildman–Crippen LogP) is 4.90. The van der Waals surface area contributed by atoms with E-state index in [9.17, 15) is 9.18 Å². The van der Waals surface area contributed by atoms with Crippen LogP contribution >= 0.6 is 11.3 Å². The van der Waals surface area contributed by atoms with Gasteiger partial charge in [0.1, 0.15) is 16.4 Å². The molecule has 1 fully saturated rings. The first kappa shape index (κ1) is 21.5. The van der Waals surface area contributed by atoms with Gasteiger partial charge in [0.2, 0.25) is 0 Å². The van der Waals surface area contributed by atoms with E-state index in [-0.39, 0.29) is 11.7 Å². The van der Waals surface area contributed by atoms with Crippen LogP contribution in [0.25, 0.3) is 15.9 Å². The molecule has 0 spiro atoms. The second-order valence-electron chi connectivity index (χ2n) is 8.13. The van der Waals surface area contributed by atoms with Crippen molar-refractivity contribution in [2.45, 2.75) is 13.3 Å². The molecule has 33 heavy (non-hydrogen) atoms. The number of methoxy groups -OCH3 is 1. The van der Waals surface area contributed by atoms with Crippen LogP contribution in [0.4, 0.5) is 10.1 Å². The number of fused-ring (bicyclic) bond motifs is 1. The molecule has 0 atom stereocenters. The highest BCUT2D eigenvalue weighted by Gasteiger charge is 2.24. The zero-order valence-electron chi connectivity index (χ0n) is 18.6. The Balaban J connectivity index is 1.35. The summed E-state index contributed by atoms with van der Waals surface area (Å²) in [4.78, 5) is 19.2. The Bertz CT molecular complexity index is 1280. The first-order chi connectivity index (χ1) is 16.0. The topological polar surface area (TPSA) is 50.6 Å². The molecule has 3 heterocycles. The number of nitrogens with zero attached hydrogens (tertiary/aromatic N) is 4. The molecule has 6 nitrogen and oxygen atoms in total. The highest BCUT2D eigenvalue weighted by Crippen LogP contribution is 2.31. The fraction of sp³-hybridized carbons (Fsp3) is 0.280. The maximum atomic E-state index is 13.4. The average Bonchev–Trinajstić information content (AvgIpc) is 3.30. The minimum atomic E-state index is -0.286. The normalized spacial score (nSPS) is 14.5. The van der Waals surface area contributed by atoms with E-state index in [1.54, 1.807) is 23.9 Å². The smallest absolute Gasteiger partial charge is 0.264 e. The van der Waals surface area contributed by atoms with Gasteiger partial charge in [-0.05, 0) is 67.9 Å². The van der Waals surface area contributed by atoms with Gasteiger partial charge in [-0.1, -0.05) is 0 Å². The van der Waals surface area contributed by atoms with Crippen molar-refractivity contribution in [1.82, 2.24) is 14.7 Å². The lowest BCUT2D eigenvalue weighted by molar-refractivity contribution is 0.0772. The first-order valence-corrected chi connectivity index (χ1v) is 11.8. The van der Waals surface area contributed by atoms with Crippen LogP contribution < -0.4 is 9.64 Å². The predicted molar refractivity (Wildman–Crippen MR) is 129 cm³/mol. The van der Waals surface area contributed by atoms with Gasteiger partial charge in [-0.3, -0.25) is 4.79 Å². The monoisotopic (exact) mass is 464 g/mol. The highest BCUT2D eigenvalue weighted by molar-refractivity contribution is 7.20. The van der Waals surface area contributed by atoms with Gasteiger partial charge in [0.25, 0.3) is 5.91 Å².